The number of Topliss-reactive ketones (excluding diaryl/α,β-unsaturated/α-hetero) is 1. The number of hydrogen-bond acceptors (Lipinski definition) is 5. The fraction of sp³-hybridized carbons (Fsp3) is 0.200. The Morgan fingerprint density at radius 3 is 2.62 bits per heavy atom. The summed E-state index contributed by atoms with van der Waals surface area (Å²) in [6.45, 7) is 1.81. The number of anilines is 1. The average Bonchev–Trinajstić information content (AvgIpc) is 2.90. The van der Waals surface area contributed by atoms with Crippen molar-refractivity contribution in [2.24, 2.45) is 0 Å². The van der Waals surface area contributed by atoms with Crippen LogP contribution in [0.25, 0.3) is 0 Å². The Morgan fingerprint density at radius 1 is 1.33 bits per heavy atom. The van der Waals surface area contributed by atoms with Gasteiger partial charge in [-0.2, -0.15) is 0 Å². The Kier molecular flexibility index (Phi) is 4.28. The second-order valence-corrected chi connectivity index (χ2v) is 5.79. The van der Waals surface area contributed by atoms with Crippen molar-refractivity contribution in [3.63, 3.8) is 0 Å². The molecule has 21 heavy (non-hydrogen) atoms. The highest BCUT2D eigenvalue weighted by atomic mass is 32.1. The molecule has 2 rings (SSSR count). The van der Waals surface area contributed by atoms with Crippen LogP contribution in [0.5, 0.6) is 5.75 Å². The molecule has 0 radical (unpaired) electrons. The highest BCUT2D eigenvalue weighted by molar-refractivity contribution is 7.09. The highest BCUT2D eigenvalue weighted by Crippen LogP contribution is 2.26. The Morgan fingerprint density at radius 2 is 2.05 bits per heavy atom. The molecule has 0 saturated carbocycles. The molecule has 2 aromatic rings. The van der Waals surface area contributed by atoms with E-state index in [1.54, 1.807) is 18.4 Å². The summed E-state index contributed by atoms with van der Waals surface area (Å²) in [4.78, 5) is 26.4. The van der Waals surface area contributed by atoms with Crippen molar-refractivity contribution < 1.29 is 14.7 Å². The third-order valence-electron chi connectivity index (χ3n) is 3.10. The lowest BCUT2D eigenvalue weighted by atomic mass is 10.0. The number of carbonyl (C=O) groups excluding carboxylic acids is 2. The number of rotatable bonds is 4. The second-order valence-electron chi connectivity index (χ2n) is 4.75. The maximum atomic E-state index is 12.4. The monoisotopic (exact) mass is 304 g/mol. The third-order valence-corrected chi connectivity index (χ3v) is 3.96. The van der Waals surface area contributed by atoms with Gasteiger partial charge < -0.3 is 15.7 Å². The maximum Gasteiger partial charge on any atom is 0.257 e. The number of benzene rings is 1. The van der Waals surface area contributed by atoms with Crippen LogP contribution in [0.1, 0.15) is 32.5 Å². The van der Waals surface area contributed by atoms with Crippen molar-refractivity contribution in [2.75, 3.05) is 12.8 Å². The summed E-state index contributed by atoms with van der Waals surface area (Å²) in [5.74, 6) is -0.827. The molecule has 5 nitrogen and oxygen atoms in total. The van der Waals surface area contributed by atoms with Gasteiger partial charge in [0.2, 0.25) is 0 Å². The first kappa shape index (κ1) is 15.1. The highest BCUT2D eigenvalue weighted by Gasteiger charge is 2.19. The maximum absolute atomic E-state index is 12.4. The van der Waals surface area contributed by atoms with Crippen LogP contribution in [-0.2, 0) is 6.54 Å². The number of phenolic OH excluding ortho intramolecular Hbond substituents is 1. The normalized spacial score (nSPS) is 10.4. The first-order chi connectivity index (χ1) is 9.90. The molecule has 1 aromatic heterocycles. The molecule has 1 aromatic carbocycles. The number of nitrogens with zero attached hydrogens (tertiary/aromatic N) is 1. The van der Waals surface area contributed by atoms with E-state index in [0.29, 0.717) is 6.54 Å². The summed E-state index contributed by atoms with van der Waals surface area (Å²) in [6.07, 6.45) is 0. The van der Waals surface area contributed by atoms with Gasteiger partial charge >= 0.3 is 0 Å². The number of hydrogen-bond donors (Lipinski definition) is 2. The molecule has 0 atom stereocenters. The predicted octanol–water partition coefficient (Wildman–Crippen LogP) is 2.51. The van der Waals surface area contributed by atoms with Crippen molar-refractivity contribution in [1.82, 2.24) is 4.90 Å². The van der Waals surface area contributed by atoms with Crippen LogP contribution < -0.4 is 5.73 Å². The van der Waals surface area contributed by atoms with Gasteiger partial charge in [0.25, 0.3) is 5.91 Å². The van der Waals surface area contributed by atoms with E-state index in [0.717, 1.165) is 4.88 Å². The van der Waals surface area contributed by atoms with Crippen molar-refractivity contribution in [3.05, 3.63) is 45.6 Å². The topological polar surface area (TPSA) is 83.6 Å². The van der Waals surface area contributed by atoms with Crippen LogP contribution in [0.4, 0.5) is 5.69 Å². The minimum absolute atomic E-state index is 0.0773. The molecule has 0 aliphatic heterocycles. The minimum atomic E-state index is -0.358. The third kappa shape index (κ3) is 3.22. The number of amides is 1. The quantitative estimate of drug-likeness (QED) is 0.671. The van der Waals surface area contributed by atoms with Crippen LogP contribution in [-0.4, -0.2) is 28.7 Å². The van der Waals surface area contributed by atoms with Gasteiger partial charge in [-0.25, -0.2) is 0 Å². The number of phenols is 1. The lowest BCUT2D eigenvalue weighted by Gasteiger charge is -2.18. The standard InChI is InChI=1S/C15H16N2O3S/c1-9(18)11-6-12(14(19)7-13(11)16)15(20)17(2)8-10-4-3-5-21-10/h3-7,19H,8,16H2,1-2H3. The predicted molar refractivity (Wildman–Crippen MR) is 82.6 cm³/mol. The van der Waals surface area contributed by atoms with E-state index in [1.165, 1.54) is 24.0 Å². The van der Waals surface area contributed by atoms with Gasteiger partial charge in [0, 0.05) is 29.2 Å². The van der Waals surface area contributed by atoms with E-state index in [1.807, 2.05) is 17.5 Å². The molecule has 3 N–H and O–H groups in total. The summed E-state index contributed by atoms with van der Waals surface area (Å²) < 4.78 is 0. The fourth-order valence-electron chi connectivity index (χ4n) is 1.99. The van der Waals surface area contributed by atoms with Crippen LogP contribution in [0.3, 0.4) is 0 Å². The van der Waals surface area contributed by atoms with E-state index in [9.17, 15) is 14.7 Å². The van der Waals surface area contributed by atoms with Gasteiger partial charge in [-0.1, -0.05) is 6.07 Å². The summed E-state index contributed by atoms with van der Waals surface area (Å²) in [5, 5.41) is 11.8. The van der Waals surface area contributed by atoms with Crippen LogP contribution in [0.2, 0.25) is 0 Å². The summed E-state index contributed by atoms with van der Waals surface area (Å²) in [5.41, 5.74) is 6.15. The zero-order chi connectivity index (χ0) is 15.6. The van der Waals surface area contributed by atoms with Crippen molar-refractivity contribution in [1.29, 1.82) is 0 Å². The molecular formula is C15H16N2O3S. The van der Waals surface area contributed by atoms with Gasteiger partial charge in [-0.15, -0.1) is 11.3 Å². The largest absolute Gasteiger partial charge is 0.507 e. The molecule has 0 saturated heterocycles. The van der Waals surface area contributed by atoms with Crippen molar-refractivity contribution in [2.45, 2.75) is 13.5 Å². The summed E-state index contributed by atoms with van der Waals surface area (Å²) in [6, 6.07) is 6.42. The molecule has 0 bridgehead atoms. The van der Waals surface area contributed by atoms with Gasteiger partial charge in [-0.3, -0.25) is 9.59 Å². The van der Waals surface area contributed by atoms with Crippen LogP contribution in [0.15, 0.2) is 29.6 Å². The van der Waals surface area contributed by atoms with Crippen molar-refractivity contribution >= 4 is 28.7 Å². The molecule has 0 unspecified atom stereocenters. The molecule has 0 fully saturated rings. The molecule has 1 amide bonds. The second kappa shape index (κ2) is 5.97. The molecule has 110 valence electrons. The zero-order valence-electron chi connectivity index (χ0n) is 11.8. The molecule has 0 aliphatic rings. The number of nitrogens with two attached hydrogens (primary N) is 1. The lowest BCUT2D eigenvalue weighted by molar-refractivity contribution is 0.0783. The van der Waals surface area contributed by atoms with Gasteiger partial charge in [0.15, 0.2) is 5.78 Å². The van der Waals surface area contributed by atoms with Crippen LogP contribution in [0, 0.1) is 0 Å². The fourth-order valence-corrected chi connectivity index (χ4v) is 2.75. The lowest BCUT2D eigenvalue weighted by Crippen LogP contribution is -2.26. The Labute approximate surface area is 126 Å². The van der Waals surface area contributed by atoms with Gasteiger partial charge in [0.1, 0.15) is 5.75 Å². The van der Waals surface area contributed by atoms with E-state index in [-0.39, 0.29) is 34.3 Å². The van der Waals surface area contributed by atoms with Crippen LogP contribution >= 0.6 is 11.3 Å². The van der Waals surface area contributed by atoms with Crippen molar-refractivity contribution in [3.8, 4) is 5.75 Å². The average molecular weight is 304 g/mol. The molecule has 0 spiro atoms. The number of nitrogen functional groups attached to an aromatic ring is 1. The van der Waals surface area contributed by atoms with Gasteiger partial charge in [-0.05, 0) is 24.4 Å². The number of carbonyl (C=O) groups is 2. The van der Waals surface area contributed by atoms with E-state index >= 15 is 0 Å². The van der Waals surface area contributed by atoms with Gasteiger partial charge in [0.05, 0.1) is 12.1 Å². The Bertz CT molecular complexity index is 680. The first-order valence-electron chi connectivity index (χ1n) is 6.31. The molecule has 0 aliphatic carbocycles. The summed E-state index contributed by atoms with van der Waals surface area (Å²) >= 11 is 1.55. The number of thiophene rings is 1. The molecule has 1 heterocycles. The van der Waals surface area contributed by atoms with E-state index in [2.05, 4.69) is 0 Å². The van der Waals surface area contributed by atoms with E-state index in [4.69, 9.17) is 5.73 Å². The number of aromatic hydroxyl groups is 1. The Balaban J connectivity index is 2.30. The molecular weight excluding hydrogens is 288 g/mol. The SMILES string of the molecule is CC(=O)c1cc(C(=O)N(C)Cc2cccs2)c(O)cc1N. The Hall–Kier alpha value is -2.34. The number of ketones is 1. The van der Waals surface area contributed by atoms with E-state index < -0.39 is 0 Å². The minimum Gasteiger partial charge on any atom is -0.507 e. The summed E-state index contributed by atoms with van der Waals surface area (Å²) in [7, 11) is 1.64. The first-order valence-corrected chi connectivity index (χ1v) is 7.19. The zero-order valence-corrected chi connectivity index (χ0v) is 12.6. The smallest absolute Gasteiger partial charge is 0.257 e. The molecule has 6 heteroatoms.